The maximum Gasteiger partial charge on any atom is 0.170 e. The summed E-state index contributed by atoms with van der Waals surface area (Å²) in [6.45, 7) is 0.372. The highest BCUT2D eigenvalue weighted by Gasteiger charge is 2.20. The van der Waals surface area contributed by atoms with Crippen LogP contribution in [-0.2, 0) is 0 Å². The van der Waals surface area contributed by atoms with E-state index in [0.29, 0.717) is 36.2 Å². The number of Topliss-reactive ketones (excluding diaryl/α,β-unsaturated/α-hetero) is 1. The molecule has 1 aliphatic heterocycles. The maximum atomic E-state index is 11.4. The first-order valence-electron chi connectivity index (χ1n) is 4.07. The maximum absolute atomic E-state index is 11.4. The van der Waals surface area contributed by atoms with Gasteiger partial charge in [-0.3, -0.25) is 9.59 Å². The van der Waals surface area contributed by atoms with Gasteiger partial charge in [-0.1, -0.05) is 6.07 Å². The van der Waals surface area contributed by atoms with E-state index in [-0.39, 0.29) is 5.78 Å². The lowest BCUT2D eigenvalue weighted by molar-refractivity contribution is 0.0932. The van der Waals surface area contributed by atoms with Gasteiger partial charge in [0.1, 0.15) is 5.75 Å². The van der Waals surface area contributed by atoms with Gasteiger partial charge >= 0.3 is 0 Å². The average molecular weight is 176 g/mol. The summed E-state index contributed by atoms with van der Waals surface area (Å²) in [4.78, 5) is 22.0. The molecule has 0 unspecified atom stereocenters. The number of rotatable bonds is 1. The summed E-state index contributed by atoms with van der Waals surface area (Å²) in [6.07, 6.45) is 1.10. The van der Waals surface area contributed by atoms with Crippen LogP contribution in [0.15, 0.2) is 18.2 Å². The first-order valence-corrected chi connectivity index (χ1v) is 4.07. The van der Waals surface area contributed by atoms with Crippen LogP contribution >= 0.6 is 0 Å². The molecule has 1 aromatic carbocycles. The number of ketones is 1. The van der Waals surface area contributed by atoms with Crippen molar-refractivity contribution in [1.82, 2.24) is 0 Å². The average Bonchev–Trinajstić information content (AvgIpc) is 2.18. The number of ether oxygens (including phenoxy) is 1. The second-order valence-corrected chi connectivity index (χ2v) is 2.86. The van der Waals surface area contributed by atoms with E-state index in [1.807, 2.05) is 0 Å². The Morgan fingerprint density at radius 3 is 3.00 bits per heavy atom. The van der Waals surface area contributed by atoms with Crippen LogP contribution in [0.4, 0.5) is 0 Å². The molecule has 66 valence electrons. The van der Waals surface area contributed by atoms with Crippen molar-refractivity contribution >= 4 is 12.1 Å². The van der Waals surface area contributed by atoms with Gasteiger partial charge < -0.3 is 4.74 Å². The Balaban J connectivity index is 2.60. The van der Waals surface area contributed by atoms with Crippen molar-refractivity contribution in [2.45, 2.75) is 6.42 Å². The first-order chi connectivity index (χ1) is 6.33. The SMILES string of the molecule is O=Cc1cccc2c1OCCC2=O. The van der Waals surface area contributed by atoms with Gasteiger partial charge in [-0.05, 0) is 12.1 Å². The summed E-state index contributed by atoms with van der Waals surface area (Å²) in [5.41, 5.74) is 0.974. The predicted octanol–water partition coefficient (Wildman–Crippen LogP) is 1.46. The van der Waals surface area contributed by atoms with Crippen LogP contribution in [0.25, 0.3) is 0 Å². The Hall–Kier alpha value is -1.64. The summed E-state index contributed by atoms with van der Waals surface area (Å²) < 4.78 is 5.26. The molecule has 3 heteroatoms. The fraction of sp³-hybridized carbons (Fsp3) is 0.200. The zero-order valence-electron chi connectivity index (χ0n) is 6.95. The third-order valence-corrected chi connectivity index (χ3v) is 2.05. The highest BCUT2D eigenvalue weighted by molar-refractivity contribution is 6.02. The lowest BCUT2D eigenvalue weighted by Crippen LogP contribution is -2.16. The van der Waals surface area contributed by atoms with Crippen molar-refractivity contribution in [2.24, 2.45) is 0 Å². The quantitative estimate of drug-likeness (QED) is 0.608. The second-order valence-electron chi connectivity index (χ2n) is 2.86. The Kier molecular flexibility index (Phi) is 1.85. The van der Waals surface area contributed by atoms with Crippen LogP contribution in [0.2, 0.25) is 0 Å². The third kappa shape index (κ3) is 1.22. The number of aldehydes is 1. The van der Waals surface area contributed by atoms with E-state index in [1.165, 1.54) is 0 Å². The molecule has 0 saturated carbocycles. The van der Waals surface area contributed by atoms with E-state index in [9.17, 15) is 9.59 Å². The van der Waals surface area contributed by atoms with Crippen molar-refractivity contribution in [1.29, 1.82) is 0 Å². The molecule has 1 aliphatic rings. The van der Waals surface area contributed by atoms with Gasteiger partial charge in [0.05, 0.1) is 17.7 Å². The van der Waals surface area contributed by atoms with Crippen molar-refractivity contribution in [3.8, 4) is 5.75 Å². The zero-order chi connectivity index (χ0) is 9.26. The Morgan fingerprint density at radius 1 is 1.38 bits per heavy atom. The molecule has 0 aromatic heterocycles. The van der Waals surface area contributed by atoms with Gasteiger partial charge in [-0.2, -0.15) is 0 Å². The molecular weight excluding hydrogens is 168 g/mol. The fourth-order valence-corrected chi connectivity index (χ4v) is 1.41. The minimum Gasteiger partial charge on any atom is -0.492 e. The summed E-state index contributed by atoms with van der Waals surface area (Å²) in [5.74, 6) is 0.485. The topological polar surface area (TPSA) is 43.4 Å². The molecule has 0 spiro atoms. The Labute approximate surface area is 75.3 Å². The molecule has 1 heterocycles. The van der Waals surface area contributed by atoms with Crippen LogP contribution in [0, 0.1) is 0 Å². The molecule has 13 heavy (non-hydrogen) atoms. The van der Waals surface area contributed by atoms with Crippen molar-refractivity contribution in [3.05, 3.63) is 29.3 Å². The molecule has 2 rings (SSSR count). The van der Waals surface area contributed by atoms with Gasteiger partial charge in [0.15, 0.2) is 12.1 Å². The van der Waals surface area contributed by atoms with Gasteiger partial charge in [0.2, 0.25) is 0 Å². The van der Waals surface area contributed by atoms with Gasteiger partial charge in [-0.25, -0.2) is 0 Å². The summed E-state index contributed by atoms with van der Waals surface area (Å²) in [7, 11) is 0. The molecule has 0 amide bonds. The first kappa shape index (κ1) is 7.98. The number of benzene rings is 1. The van der Waals surface area contributed by atoms with Crippen LogP contribution in [0.1, 0.15) is 27.1 Å². The number of hydrogen-bond donors (Lipinski definition) is 0. The molecule has 0 atom stereocenters. The minimum atomic E-state index is 0.0463. The van der Waals surface area contributed by atoms with Crippen molar-refractivity contribution in [3.63, 3.8) is 0 Å². The number of fused-ring (bicyclic) bond motifs is 1. The summed E-state index contributed by atoms with van der Waals surface area (Å²) in [5, 5.41) is 0. The van der Waals surface area contributed by atoms with E-state index >= 15 is 0 Å². The summed E-state index contributed by atoms with van der Waals surface area (Å²) in [6, 6.07) is 5.02. The number of carbonyl (C=O) groups is 2. The van der Waals surface area contributed by atoms with Crippen LogP contribution in [0.3, 0.4) is 0 Å². The highest BCUT2D eigenvalue weighted by Crippen LogP contribution is 2.27. The molecule has 0 aliphatic carbocycles. The van der Waals surface area contributed by atoms with E-state index < -0.39 is 0 Å². The van der Waals surface area contributed by atoms with Crippen LogP contribution in [-0.4, -0.2) is 18.7 Å². The Bertz CT molecular complexity index is 368. The Morgan fingerprint density at radius 2 is 2.23 bits per heavy atom. The van der Waals surface area contributed by atoms with E-state index in [0.717, 1.165) is 0 Å². The molecule has 0 fully saturated rings. The molecular formula is C10H8O3. The standard InChI is InChI=1S/C10H8O3/c11-6-7-2-1-3-8-9(12)4-5-13-10(7)8/h1-3,6H,4-5H2. The highest BCUT2D eigenvalue weighted by atomic mass is 16.5. The zero-order valence-corrected chi connectivity index (χ0v) is 6.95. The van der Waals surface area contributed by atoms with Crippen LogP contribution < -0.4 is 4.74 Å². The predicted molar refractivity (Wildman–Crippen MR) is 46.3 cm³/mol. The molecule has 3 nitrogen and oxygen atoms in total. The number of hydrogen-bond acceptors (Lipinski definition) is 3. The summed E-state index contributed by atoms with van der Waals surface area (Å²) >= 11 is 0. The molecule has 0 radical (unpaired) electrons. The molecule has 0 saturated heterocycles. The largest absolute Gasteiger partial charge is 0.492 e. The second kappa shape index (κ2) is 3.01. The number of para-hydroxylation sites is 1. The molecule has 0 bridgehead atoms. The van der Waals surface area contributed by atoms with Gasteiger partial charge in [0, 0.05) is 6.42 Å². The third-order valence-electron chi connectivity index (χ3n) is 2.05. The fourth-order valence-electron chi connectivity index (χ4n) is 1.41. The number of carbonyl (C=O) groups excluding carboxylic acids is 2. The van der Waals surface area contributed by atoms with E-state index in [2.05, 4.69) is 0 Å². The van der Waals surface area contributed by atoms with Gasteiger partial charge in [0.25, 0.3) is 0 Å². The monoisotopic (exact) mass is 176 g/mol. The van der Waals surface area contributed by atoms with Gasteiger partial charge in [-0.15, -0.1) is 0 Å². The lowest BCUT2D eigenvalue weighted by atomic mass is 10.0. The minimum absolute atomic E-state index is 0.0463. The van der Waals surface area contributed by atoms with E-state index in [1.54, 1.807) is 18.2 Å². The van der Waals surface area contributed by atoms with Crippen molar-refractivity contribution in [2.75, 3.05) is 6.61 Å². The van der Waals surface area contributed by atoms with E-state index in [4.69, 9.17) is 4.74 Å². The molecule has 0 N–H and O–H groups in total. The smallest absolute Gasteiger partial charge is 0.170 e. The lowest BCUT2D eigenvalue weighted by Gasteiger charge is -2.16. The normalized spacial score (nSPS) is 14.6. The van der Waals surface area contributed by atoms with Crippen molar-refractivity contribution < 1.29 is 14.3 Å². The van der Waals surface area contributed by atoms with Crippen LogP contribution in [0.5, 0.6) is 5.75 Å². The molecule has 1 aromatic rings.